The van der Waals surface area contributed by atoms with E-state index in [9.17, 15) is 9.59 Å². The fraction of sp³-hybridized carbons (Fsp3) is 0.263. The van der Waals surface area contributed by atoms with E-state index in [0.29, 0.717) is 20.8 Å². The summed E-state index contributed by atoms with van der Waals surface area (Å²) in [6.45, 7) is 1.62. The Hall–Kier alpha value is -1.95. The van der Waals surface area contributed by atoms with Gasteiger partial charge in [-0.25, -0.2) is 0 Å². The Morgan fingerprint density at radius 2 is 1.74 bits per heavy atom. The van der Waals surface area contributed by atoms with Crippen LogP contribution in [0.25, 0.3) is 0 Å². The van der Waals surface area contributed by atoms with Crippen molar-refractivity contribution in [3.63, 3.8) is 0 Å². The molecular formula is C19H19Cl3N2O3. The number of nitrogens with zero attached hydrogens (tertiary/aromatic N) is 1. The molecule has 2 amide bonds. The number of hydrogen-bond acceptors (Lipinski definition) is 3. The highest BCUT2D eigenvalue weighted by Gasteiger charge is 2.26. The summed E-state index contributed by atoms with van der Waals surface area (Å²) in [5.41, 5.74) is 0.750. The van der Waals surface area contributed by atoms with Gasteiger partial charge in [-0.3, -0.25) is 9.59 Å². The third-order valence-corrected chi connectivity index (χ3v) is 4.92. The van der Waals surface area contributed by atoms with Crippen molar-refractivity contribution in [2.24, 2.45) is 0 Å². The van der Waals surface area contributed by atoms with E-state index in [4.69, 9.17) is 39.5 Å². The molecule has 27 heavy (non-hydrogen) atoms. The highest BCUT2D eigenvalue weighted by Crippen LogP contribution is 2.24. The molecule has 0 aliphatic rings. The van der Waals surface area contributed by atoms with Crippen molar-refractivity contribution in [1.82, 2.24) is 10.2 Å². The smallest absolute Gasteiger partial charge is 0.261 e. The maximum absolute atomic E-state index is 12.7. The maximum atomic E-state index is 12.7. The molecule has 0 spiro atoms. The fourth-order valence-electron chi connectivity index (χ4n) is 2.39. The molecule has 0 aliphatic carbocycles. The van der Waals surface area contributed by atoms with E-state index >= 15 is 0 Å². The van der Waals surface area contributed by atoms with Crippen LogP contribution in [0.2, 0.25) is 15.1 Å². The molecule has 5 nitrogen and oxygen atoms in total. The largest absolute Gasteiger partial charge is 0.484 e. The Morgan fingerprint density at radius 1 is 1.07 bits per heavy atom. The molecule has 2 aromatic rings. The summed E-state index contributed by atoms with van der Waals surface area (Å²) in [5, 5.41) is 3.92. The Morgan fingerprint density at radius 3 is 2.33 bits per heavy atom. The Kier molecular flexibility index (Phi) is 7.78. The highest BCUT2D eigenvalue weighted by molar-refractivity contribution is 6.42. The molecule has 0 saturated carbocycles. The molecule has 0 bridgehead atoms. The first-order valence-electron chi connectivity index (χ1n) is 8.15. The van der Waals surface area contributed by atoms with E-state index < -0.39 is 6.04 Å². The lowest BCUT2D eigenvalue weighted by Gasteiger charge is -2.28. The minimum absolute atomic E-state index is 0.189. The number of rotatable bonds is 7. The molecule has 0 unspecified atom stereocenters. The summed E-state index contributed by atoms with van der Waals surface area (Å²) in [6, 6.07) is 11.1. The quantitative estimate of drug-likeness (QED) is 0.718. The summed E-state index contributed by atoms with van der Waals surface area (Å²) >= 11 is 17.8. The van der Waals surface area contributed by atoms with Gasteiger partial charge in [0, 0.05) is 18.6 Å². The first-order valence-corrected chi connectivity index (χ1v) is 9.28. The van der Waals surface area contributed by atoms with Crippen LogP contribution in [0.5, 0.6) is 5.75 Å². The van der Waals surface area contributed by atoms with E-state index in [1.807, 2.05) is 0 Å². The van der Waals surface area contributed by atoms with Gasteiger partial charge in [0.2, 0.25) is 5.91 Å². The van der Waals surface area contributed by atoms with Crippen LogP contribution in [0.1, 0.15) is 12.5 Å². The predicted octanol–water partition coefficient (Wildman–Crippen LogP) is 4.19. The van der Waals surface area contributed by atoms with Crippen molar-refractivity contribution in [3.05, 3.63) is 63.1 Å². The average molecular weight is 430 g/mol. The molecular weight excluding hydrogens is 411 g/mol. The fourth-order valence-corrected chi connectivity index (χ4v) is 2.83. The van der Waals surface area contributed by atoms with E-state index in [0.717, 1.165) is 5.56 Å². The number of ether oxygens (including phenoxy) is 1. The van der Waals surface area contributed by atoms with Crippen molar-refractivity contribution in [2.75, 3.05) is 13.7 Å². The number of amides is 2. The Balaban J connectivity index is 2.14. The van der Waals surface area contributed by atoms with Gasteiger partial charge in [-0.05, 0) is 48.9 Å². The minimum atomic E-state index is -0.689. The van der Waals surface area contributed by atoms with Gasteiger partial charge >= 0.3 is 0 Å². The standard InChI is InChI=1S/C19H19Cl3N2O3/c1-12(19(26)23-2)24(10-13-3-8-16(21)17(22)9-13)18(25)11-27-15-6-4-14(20)5-7-15/h3-9,12H,10-11H2,1-2H3,(H,23,26)/t12-/m1/s1. The van der Waals surface area contributed by atoms with Crippen LogP contribution in [-0.2, 0) is 16.1 Å². The summed E-state index contributed by atoms with van der Waals surface area (Å²) < 4.78 is 5.52. The molecule has 8 heteroatoms. The van der Waals surface area contributed by atoms with Gasteiger partial charge in [0.1, 0.15) is 11.8 Å². The first kappa shape index (κ1) is 21.4. The summed E-state index contributed by atoms with van der Waals surface area (Å²) in [6.07, 6.45) is 0. The lowest BCUT2D eigenvalue weighted by molar-refractivity contribution is -0.142. The second kappa shape index (κ2) is 9.83. The van der Waals surface area contributed by atoms with Crippen LogP contribution in [-0.4, -0.2) is 36.4 Å². The van der Waals surface area contributed by atoms with Gasteiger partial charge in [-0.1, -0.05) is 40.9 Å². The first-order chi connectivity index (χ1) is 12.8. The molecule has 0 heterocycles. The SMILES string of the molecule is CNC(=O)[C@@H](C)N(Cc1ccc(Cl)c(Cl)c1)C(=O)COc1ccc(Cl)cc1. The zero-order valence-corrected chi connectivity index (χ0v) is 17.1. The van der Waals surface area contributed by atoms with E-state index in [-0.39, 0.29) is 25.0 Å². The number of likely N-dealkylation sites (N-methyl/N-ethyl adjacent to an activating group) is 1. The number of benzene rings is 2. The van der Waals surface area contributed by atoms with Gasteiger partial charge in [0.05, 0.1) is 10.0 Å². The van der Waals surface area contributed by atoms with Crippen LogP contribution in [0.3, 0.4) is 0 Å². The number of hydrogen-bond donors (Lipinski definition) is 1. The lowest BCUT2D eigenvalue weighted by Crippen LogP contribution is -2.48. The molecule has 1 N–H and O–H groups in total. The van der Waals surface area contributed by atoms with E-state index in [1.54, 1.807) is 49.4 Å². The van der Waals surface area contributed by atoms with Crippen molar-refractivity contribution in [3.8, 4) is 5.75 Å². The van der Waals surface area contributed by atoms with Crippen molar-refractivity contribution >= 4 is 46.6 Å². The second-order valence-electron chi connectivity index (χ2n) is 5.80. The summed E-state index contributed by atoms with van der Waals surface area (Å²) in [4.78, 5) is 26.2. The molecule has 0 fully saturated rings. The van der Waals surface area contributed by atoms with Gasteiger partial charge in [0.15, 0.2) is 6.61 Å². The minimum Gasteiger partial charge on any atom is -0.484 e. The molecule has 0 saturated heterocycles. The Bertz CT molecular complexity index is 812. The van der Waals surface area contributed by atoms with Crippen LogP contribution in [0.4, 0.5) is 0 Å². The molecule has 0 radical (unpaired) electrons. The number of halogens is 3. The molecule has 0 aromatic heterocycles. The van der Waals surface area contributed by atoms with Gasteiger partial charge < -0.3 is 15.0 Å². The molecule has 2 aromatic carbocycles. The van der Waals surface area contributed by atoms with Crippen molar-refractivity contribution in [1.29, 1.82) is 0 Å². The lowest BCUT2D eigenvalue weighted by atomic mass is 10.1. The van der Waals surface area contributed by atoms with Crippen molar-refractivity contribution in [2.45, 2.75) is 19.5 Å². The predicted molar refractivity (Wildman–Crippen MR) is 107 cm³/mol. The molecule has 2 rings (SSSR count). The van der Waals surface area contributed by atoms with Crippen LogP contribution in [0, 0.1) is 0 Å². The number of nitrogens with one attached hydrogen (secondary N) is 1. The van der Waals surface area contributed by atoms with Gasteiger partial charge in [-0.15, -0.1) is 0 Å². The van der Waals surface area contributed by atoms with E-state index in [1.165, 1.54) is 11.9 Å². The van der Waals surface area contributed by atoms with Crippen LogP contribution < -0.4 is 10.1 Å². The molecule has 1 atom stereocenters. The maximum Gasteiger partial charge on any atom is 0.261 e. The number of carbonyl (C=O) groups excluding carboxylic acids is 2. The average Bonchev–Trinajstić information content (AvgIpc) is 2.67. The summed E-state index contributed by atoms with van der Waals surface area (Å²) in [7, 11) is 1.52. The zero-order valence-electron chi connectivity index (χ0n) is 14.8. The third kappa shape index (κ3) is 6.03. The normalized spacial score (nSPS) is 11.6. The van der Waals surface area contributed by atoms with Gasteiger partial charge in [-0.2, -0.15) is 0 Å². The van der Waals surface area contributed by atoms with Crippen molar-refractivity contribution < 1.29 is 14.3 Å². The topological polar surface area (TPSA) is 58.6 Å². The molecule has 144 valence electrons. The van der Waals surface area contributed by atoms with Gasteiger partial charge in [0.25, 0.3) is 5.91 Å². The van der Waals surface area contributed by atoms with E-state index in [2.05, 4.69) is 5.32 Å². The van der Waals surface area contributed by atoms with Crippen LogP contribution >= 0.6 is 34.8 Å². The third-order valence-electron chi connectivity index (χ3n) is 3.93. The second-order valence-corrected chi connectivity index (χ2v) is 7.05. The monoisotopic (exact) mass is 428 g/mol. The highest BCUT2D eigenvalue weighted by atomic mass is 35.5. The summed E-state index contributed by atoms with van der Waals surface area (Å²) in [5.74, 6) is -0.114. The van der Waals surface area contributed by atoms with Crippen LogP contribution in [0.15, 0.2) is 42.5 Å². The Labute approximate surface area is 173 Å². The number of carbonyl (C=O) groups is 2. The molecule has 0 aliphatic heterocycles. The zero-order chi connectivity index (χ0) is 20.0.